The van der Waals surface area contributed by atoms with Crippen LogP contribution in [0.4, 0.5) is 0 Å². The molecule has 2 nitrogen and oxygen atoms in total. The predicted octanol–water partition coefficient (Wildman–Crippen LogP) is 1.22. The summed E-state index contributed by atoms with van der Waals surface area (Å²) in [5, 5.41) is 8.39. The van der Waals surface area contributed by atoms with Crippen LogP contribution in [0.3, 0.4) is 0 Å². The highest BCUT2D eigenvalue weighted by atomic mass is 28.4. The summed E-state index contributed by atoms with van der Waals surface area (Å²) in [5.41, 5.74) is 0. The standard InChI is InChI=1S/C8H16O2Si/c1-11(2,3)10-8-6-4-5-7-9/h9H,5,7-8H2,1-3H3. The molecule has 1 N–H and O–H groups in total. The van der Waals surface area contributed by atoms with E-state index in [0.717, 1.165) is 0 Å². The van der Waals surface area contributed by atoms with Crippen molar-refractivity contribution in [3.63, 3.8) is 0 Å². The highest BCUT2D eigenvalue weighted by Crippen LogP contribution is 2.00. The highest BCUT2D eigenvalue weighted by molar-refractivity contribution is 6.69. The van der Waals surface area contributed by atoms with Gasteiger partial charge in [0.1, 0.15) is 0 Å². The van der Waals surface area contributed by atoms with E-state index < -0.39 is 8.32 Å². The molecule has 0 aliphatic heterocycles. The molecule has 0 bridgehead atoms. The number of aliphatic hydroxyl groups excluding tert-OH is 1. The molecule has 0 fully saturated rings. The molecule has 11 heavy (non-hydrogen) atoms. The van der Waals surface area contributed by atoms with Crippen molar-refractivity contribution in [1.29, 1.82) is 0 Å². The minimum Gasteiger partial charge on any atom is -0.407 e. The molecular weight excluding hydrogens is 156 g/mol. The van der Waals surface area contributed by atoms with Gasteiger partial charge in [0.15, 0.2) is 8.32 Å². The van der Waals surface area contributed by atoms with Gasteiger partial charge in [-0.25, -0.2) is 0 Å². The molecule has 0 heterocycles. The van der Waals surface area contributed by atoms with Gasteiger partial charge in [0.25, 0.3) is 0 Å². The van der Waals surface area contributed by atoms with Crippen molar-refractivity contribution in [3.8, 4) is 11.8 Å². The number of rotatable bonds is 3. The molecule has 0 aromatic heterocycles. The Bertz CT molecular complexity index is 150. The maximum atomic E-state index is 8.39. The average Bonchev–Trinajstić information content (AvgIpc) is 1.85. The molecule has 0 aromatic carbocycles. The van der Waals surface area contributed by atoms with Crippen LogP contribution in [0.5, 0.6) is 0 Å². The lowest BCUT2D eigenvalue weighted by molar-refractivity contribution is 0.305. The third-order valence-electron chi connectivity index (χ3n) is 0.939. The fourth-order valence-corrected chi connectivity index (χ4v) is 0.953. The van der Waals surface area contributed by atoms with Crippen molar-refractivity contribution in [3.05, 3.63) is 0 Å². The Labute approximate surface area is 69.7 Å². The second-order valence-corrected chi connectivity index (χ2v) is 7.74. The molecule has 0 unspecified atom stereocenters. The minimum absolute atomic E-state index is 0.139. The van der Waals surface area contributed by atoms with Crippen LogP contribution in [0.2, 0.25) is 19.6 Å². The molecule has 0 aromatic rings. The summed E-state index contributed by atoms with van der Waals surface area (Å²) in [6, 6.07) is 0. The fraction of sp³-hybridized carbons (Fsp3) is 0.750. The first kappa shape index (κ1) is 10.7. The molecule has 0 saturated heterocycles. The van der Waals surface area contributed by atoms with Gasteiger partial charge in [0.05, 0.1) is 13.2 Å². The Morgan fingerprint density at radius 2 is 1.91 bits per heavy atom. The molecule has 0 saturated carbocycles. The van der Waals surface area contributed by atoms with E-state index in [4.69, 9.17) is 9.53 Å². The van der Waals surface area contributed by atoms with Crippen LogP contribution >= 0.6 is 0 Å². The monoisotopic (exact) mass is 172 g/mol. The van der Waals surface area contributed by atoms with Crippen LogP contribution in [-0.4, -0.2) is 26.6 Å². The highest BCUT2D eigenvalue weighted by Gasteiger charge is 2.12. The van der Waals surface area contributed by atoms with Crippen molar-refractivity contribution in [2.75, 3.05) is 13.2 Å². The third kappa shape index (κ3) is 9.70. The van der Waals surface area contributed by atoms with Gasteiger partial charge >= 0.3 is 0 Å². The van der Waals surface area contributed by atoms with Crippen molar-refractivity contribution in [1.82, 2.24) is 0 Å². The van der Waals surface area contributed by atoms with E-state index in [1.54, 1.807) is 0 Å². The number of hydrogen-bond acceptors (Lipinski definition) is 2. The number of hydrogen-bond donors (Lipinski definition) is 1. The van der Waals surface area contributed by atoms with Gasteiger partial charge in [-0.3, -0.25) is 0 Å². The van der Waals surface area contributed by atoms with Crippen molar-refractivity contribution in [2.24, 2.45) is 0 Å². The zero-order valence-electron chi connectivity index (χ0n) is 7.48. The summed E-state index contributed by atoms with van der Waals surface area (Å²) >= 11 is 0. The first-order valence-corrected chi connectivity index (χ1v) is 7.17. The van der Waals surface area contributed by atoms with Crippen LogP contribution in [0.1, 0.15) is 6.42 Å². The Morgan fingerprint density at radius 3 is 2.36 bits per heavy atom. The molecule has 3 heteroatoms. The molecule has 0 amide bonds. The fourth-order valence-electron chi connectivity index (χ4n) is 0.448. The van der Waals surface area contributed by atoms with E-state index in [-0.39, 0.29) is 6.61 Å². The van der Waals surface area contributed by atoms with Crippen LogP contribution in [0, 0.1) is 11.8 Å². The van der Waals surface area contributed by atoms with Crippen molar-refractivity contribution in [2.45, 2.75) is 26.1 Å². The summed E-state index contributed by atoms with van der Waals surface area (Å²) in [4.78, 5) is 0. The summed E-state index contributed by atoms with van der Waals surface area (Å²) in [6.45, 7) is 7.03. The molecule has 64 valence electrons. The third-order valence-corrected chi connectivity index (χ3v) is 1.95. The summed E-state index contributed by atoms with van der Waals surface area (Å²) < 4.78 is 5.46. The normalized spacial score (nSPS) is 10.5. The van der Waals surface area contributed by atoms with Gasteiger partial charge in [0.2, 0.25) is 0 Å². The zero-order chi connectivity index (χ0) is 8.74. The lowest BCUT2D eigenvalue weighted by Gasteiger charge is -2.13. The molecule has 0 radical (unpaired) electrons. The molecule has 0 aliphatic carbocycles. The molecule has 0 atom stereocenters. The number of aliphatic hydroxyl groups is 1. The quantitative estimate of drug-likeness (QED) is 0.512. The van der Waals surface area contributed by atoms with E-state index in [2.05, 4.69) is 31.5 Å². The van der Waals surface area contributed by atoms with E-state index in [0.29, 0.717) is 13.0 Å². The van der Waals surface area contributed by atoms with Crippen LogP contribution < -0.4 is 0 Å². The molecular formula is C8H16O2Si. The summed E-state index contributed by atoms with van der Waals surface area (Å²) in [7, 11) is -1.38. The van der Waals surface area contributed by atoms with Crippen molar-refractivity contribution < 1.29 is 9.53 Å². The molecule has 0 rings (SSSR count). The first-order valence-electron chi connectivity index (χ1n) is 3.77. The van der Waals surface area contributed by atoms with Gasteiger partial charge in [-0.2, -0.15) is 0 Å². The Balaban J connectivity index is 3.36. The first-order chi connectivity index (χ1) is 5.06. The maximum Gasteiger partial charge on any atom is 0.185 e. The smallest absolute Gasteiger partial charge is 0.185 e. The largest absolute Gasteiger partial charge is 0.407 e. The van der Waals surface area contributed by atoms with Crippen LogP contribution in [0.15, 0.2) is 0 Å². The second kappa shape index (κ2) is 5.36. The van der Waals surface area contributed by atoms with E-state index >= 15 is 0 Å². The lowest BCUT2D eigenvalue weighted by Crippen LogP contribution is -2.25. The molecule has 0 aliphatic rings. The topological polar surface area (TPSA) is 29.5 Å². The van der Waals surface area contributed by atoms with Gasteiger partial charge in [-0.1, -0.05) is 11.8 Å². The second-order valence-electron chi connectivity index (χ2n) is 3.23. The average molecular weight is 172 g/mol. The lowest BCUT2D eigenvalue weighted by atomic mass is 10.4. The summed E-state index contributed by atoms with van der Waals surface area (Å²) in [5.74, 6) is 5.65. The van der Waals surface area contributed by atoms with Crippen LogP contribution in [-0.2, 0) is 4.43 Å². The zero-order valence-corrected chi connectivity index (χ0v) is 8.48. The maximum absolute atomic E-state index is 8.39. The molecule has 0 spiro atoms. The Morgan fingerprint density at radius 1 is 1.27 bits per heavy atom. The van der Waals surface area contributed by atoms with Gasteiger partial charge in [0, 0.05) is 6.42 Å². The van der Waals surface area contributed by atoms with Gasteiger partial charge in [-0.05, 0) is 19.6 Å². The van der Waals surface area contributed by atoms with Crippen molar-refractivity contribution >= 4 is 8.32 Å². The minimum atomic E-state index is -1.38. The van der Waals surface area contributed by atoms with E-state index in [1.807, 2.05) is 0 Å². The Kier molecular flexibility index (Phi) is 5.21. The Hall–Kier alpha value is -0.303. The predicted molar refractivity (Wildman–Crippen MR) is 48.8 cm³/mol. The summed E-state index contributed by atoms with van der Waals surface area (Å²) in [6.07, 6.45) is 0.551. The van der Waals surface area contributed by atoms with E-state index in [1.165, 1.54) is 0 Å². The van der Waals surface area contributed by atoms with E-state index in [9.17, 15) is 0 Å². The van der Waals surface area contributed by atoms with Gasteiger partial charge in [-0.15, -0.1) is 0 Å². The SMILES string of the molecule is C[Si](C)(C)OCC#CCCO. The van der Waals surface area contributed by atoms with Crippen LogP contribution in [0.25, 0.3) is 0 Å². The van der Waals surface area contributed by atoms with Gasteiger partial charge < -0.3 is 9.53 Å².